The molecule has 2 aromatic carbocycles. The van der Waals surface area contributed by atoms with E-state index >= 15 is 0 Å². The van der Waals surface area contributed by atoms with Crippen LogP contribution in [0.15, 0.2) is 36.4 Å². The van der Waals surface area contributed by atoms with Crippen LogP contribution in [-0.2, 0) is 4.79 Å². The van der Waals surface area contributed by atoms with Crippen molar-refractivity contribution < 1.29 is 14.6 Å². The first-order chi connectivity index (χ1) is 9.74. The molecular weight excluding hydrogens is 254 g/mol. The first-order valence-corrected chi connectivity index (χ1v) is 6.90. The smallest absolute Gasteiger partial charge is 0.261 e. The van der Waals surface area contributed by atoms with Gasteiger partial charge in [-0.3, -0.25) is 4.79 Å². The average Bonchev–Trinajstić information content (AvgIpc) is 2.65. The minimum Gasteiger partial charge on any atom is -0.504 e. The molecule has 20 heavy (non-hydrogen) atoms. The first-order valence-electron chi connectivity index (χ1n) is 6.90. The van der Waals surface area contributed by atoms with Crippen LogP contribution < -0.4 is 10.1 Å². The third-order valence-corrected chi connectivity index (χ3v) is 3.58. The fraction of sp³-hybridized carbons (Fsp3) is 0.312. The number of rotatable bonds is 2. The van der Waals surface area contributed by atoms with Crippen LogP contribution in [0.5, 0.6) is 11.5 Å². The van der Waals surface area contributed by atoms with Crippen molar-refractivity contribution in [3.63, 3.8) is 0 Å². The number of carbonyl (C=O) groups excluding carboxylic acids is 1. The van der Waals surface area contributed by atoms with Crippen molar-refractivity contribution in [3.8, 4) is 11.5 Å². The maximum Gasteiger partial charge on any atom is 0.261 e. The molecule has 4 heteroatoms. The lowest BCUT2D eigenvalue weighted by molar-refractivity contribution is -0.127. The van der Waals surface area contributed by atoms with Crippen molar-refractivity contribution in [3.05, 3.63) is 36.4 Å². The average molecular weight is 271 g/mol. The van der Waals surface area contributed by atoms with Crippen LogP contribution in [0.3, 0.4) is 0 Å². The van der Waals surface area contributed by atoms with Crippen molar-refractivity contribution in [2.45, 2.75) is 25.4 Å². The van der Waals surface area contributed by atoms with Crippen LogP contribution >= 0.6 is 0 Å². The van der Waals surface area contributed by atoms with E-state index in [1.165, 1.54) is 0 Å². The molecule has 1 aliphatic heterocycles. The molecule has 0 aliphatic carbocycles. The quantitative estimate of drug-likeness (QED) is 0.882. The fourth-order valence-electron chi connectivity index (χ4n) is 2.48. The third-order valence-electron chi connectivity index (χ3n) is 3.58. The maximum atomic E-state index is 11.9. The summed E-state index contributed by atoms with van der Waals surface area (Å²) >= 11 is 0. The Hall–Kier alpha value is -2.23. The van der Waals surface area contributed by atoms with Crippen LogP contribution in [0, 0.1) is 0 Å². The zero-order chi connectivity index (χ0) is 13.9. The largest absolute Gasteiger partial charge is 0.504 e. The summed E-state index contributed by atoms with van der Waals surface area (Å²) in [4.78, 5) is 11.9. The summed E-state index contributed by atoms with van der Waals surface area (Å²) in [6.07, 6.45) is 2.06. The van der Waals surface area contributed by atoms with Crippen molar-refractivity contribution in [1.29, 1.82) is 0 Å². The van der Waals surface area contributed by atoms with Gasteiger partial charge in [-0.2, -0.15) is 0 Å². The fourth-order valence-corrected chi connectivity index (χ4v) is 2.48. The van der Waals surface area contributed by atoms with Crippen molar-refractivity contribution in [2.24, 2.45) is 0 Å². The lowest BCUT2D eigenvalue weighted by Gasteiger charge is -2.17. The highest BCUT2D eigenvalue weighted by atomic mass is 16.5. The number of phenols is 1. The summed E-state index contributed by atoms with van der Waals surface area (Å²) in [6.45, 7) is 0.697. The predicted molar refractivity (Wildman–Crippen MR) is 76.9 cm³/mol. The Labute approximate surface area is 117 Å². The summed E-state index contributed by atoms with van der Waals surface area (Å²) in [5, 5.41) is 14.8. The van der Waals surface area contributed by atoms with Gasteiger partial charge in [0.25, 0.3) is 5.91 Å². The minimum atomic E-state index is -0.524. The highest BCUT2D eigenvalue weighted by Gasteiger charge is 2.23. The second-order valence-corrected chi connectivity index (χ2v) is 5.06. The third kappa shape index (κ3) is 2.54. The van der Waals surface area contributed by atoms with E-state index in [1.807, 2.05) is 24.3 Å². The number of carbonyl (C=O) groups is 1. The lowest BCUT2D eigenvalue weighted by Crippen LogP contribution is -2.36. The predicted octanol–water partition coefficient (Wildman–Crippen LogP) is 2.59. The number of ether oxygens (including phenoxy) is 1. The normalized spacial score (nSPS) is 19.4. The second kappa shape index (κ2) is 5.41. The van der Waals surface area contributed by atoms with Crippen molar-refractivity contribution in [2.75, 3.05) is 6.54 Å². The number of fused-ring (bicyclic) bond motifs is 1. The van der Waals surface area contributed by atoms with Gasteiger partial charge in [-0.25, -0.2) is 0 Å². The Balaban J connectivity index is 1.89. The number of nitrogens with one attached hydrogen (secondary N) is 1. The van der Waals surface area contributed by atoms with Crippen molar-refractivity contribution in [1.82, 2.24) is 5.32 Å². The van der Waals surface area contributed by atoms with E-state index in [-0.39, 0.29) is 11.7 Å². The molecule has 1 amide bonds. The van der Waals surface area contributed by atoms with Crippen LogP contribution in [-0.4, -0.2) is 23.7 Å². The molecule has 0 spiro atoms. The molecule has 0 bridgehead atoms. The molecule has 1 heterocycles. The Morgan fingerprint density at radius 1 is 1.15 bits per heavy atom. The van der Waals surface area contributed by atoms with E-state index in [2.05, 4.69) is 5.32 Å². The lowest BCUT2D eigenvalue weighted by atomic mass is 10.1. The van der Waals surface area contributed by atoms with Gasteiger partial charge in [0, 0.05) is 6.54 Å². The minimum absolute atomic E-state index is 0.0701. The van der Waals surface area contributed by atoms with Crippen LogP contribution in [0.2, 0.25) is 0 Å². The van der Waals surface area contributed by atoms with Crippen LogP contribution in [0.25, 0.3) is 10.8 Å². The van der Waals surface area contributed by atoms with Gasteiger partial charge in [-0.15, -0.1) is 0 Å². The molecule has 1 unspecified atom stereocenters. The van der Waals surface area contributed by atoms with Gasteiger partial charge in [-0.05, 0) is 42.2 Å². The van der Waals surface area contributed by atoms with Gasteiger partial charge in [0.1, 0.15) is 0 Å². The van der Waals surface area contributed by atoms with Gasteiger partial charge >= 0.3 is 0 Å². The zero-order valence-electron chi connectivity index (χ0n) is 11.1. The standard InChI is InChI=1S/C16H17NO3/c18-13-9-11-5-1-2-6-12(11)10-15(13)20-14-7-3-4-8-17-16(14)19/h1-2,5-6,9-10,14,18H,3-4,7-8H2,(H,17,19). The second-order valence-electron chi connectivity index (χ2n) is 5.06. The molecule has 104 valence electrons. The molecule has 1 fully saturated rings. The first kappa shape index (κ1) is 12.8. The molecule has 2 aromatic rings. The highest BCUT2D eigenvalue weighted by Crippen LogP contribution is 2.32. The number of phenolic OH excluding ortho intramolecular Hbond substituents is 1. The van der Waals surface area contributed by atoms with Gasteiger partial charge in [0.2, 0.25) is 0 Å². The molecule has 3 rings (SSSR count). The number of amides is 1. The van der Waals surface area contributed by atoms with E-state index in [1.54, 1.807) is 12.1 Å². The summed E-state index contributed by atoms with van der Waals surface area (Å²) in [7, 11) is 0. The number of hydrogen-bond donors (Lipinski definition) is 2. The van der Waals surface area contributed by atoms with Crippen LogP contribution in [0.1, 0.15) is 19.3 Å². The van der Waals surface area contributed by atoms with Gasteiger partial charge in [0.05, 0.1) is 0 Å². The Morgan fingerprint density at radius 2 is 1.90 bits per heavy atom. The molecule has 2 N–H and O–H groups in total. The number of aromatic hydroxyl groups is 1. The summed E-state index contributed by atoms with van der Waals surface area (Å²) in [5.41, 5.74) is 0. The van der Waals surface area contributed by atoms with Gasteiger partial charge in [0.15, 0.2) is 17.6 Å². The Bertz CT molecular complexity index is 639. The van der Waals surface area contributed by atoms with Gasteiger partial charge < -0.3 is 15.2 Å². The van der Waals surface area contributed by atoms with Crippen LogP contribution in [0.4, 0.5) is 0 Å². The Morgan fingerprint density at radius 3 is 2.70 bits per heavy atom. The summed E-state index contributed by atoms with van der Waals surface area (Å²) in [5.74, 6) is 0.335. The molecule has 0 saturated carbocycles. The van der Waals surface area contributed by atoms with E-state index in [4.69, 9.17) is 4.74 Å². The molecule has 1 saturated heterocycles. The summed E-state index contributed by atoms with van der Waals surface area (Å²) in [6, 6.07) is 11.2. The molecule has 1 atom stereocenters. The zero-order valence-corrected chi connectivity index (χ0v) is 11.1. The van der Waals surface area contributed by atoms with E-state index in [9.17, 15) is 9.90 Å². The molecule has 0 aromatic heterocycles. The maximum absolute atomic E-state index is 11.9. The molecule has 0 radical (unpaired) electrons. The van der Waals surface area contributed by atoms with Gasteiger partial charge in [-0.1, -0.05) is 24.3 Å². The topological polar surface area (TPSA) is 58.6 Å². The number of hydrogen-bond acceptors (Lipinski definition) is 3. The summed E-state index contributed by atoms with van der Waals surface area (Å²) < 4.78 is 5.72. The molecular formula is C16H17NO3. The Kier molecular flexibility index (Phi) is 3.46. The highest BCUT2D eigenvalue weighted by molar-refractivity contribution is 5.86. The van der Waals surface area contributed by atoms with E-state index in [0.29, 0.717) is 18.7 Å². The SMILES string of the molecule is O=C1NCCCCC1Oc1cc2ccccc2cc1O. The molecule has 4 nitrogen and oxygen atoms in total. The van der Waals surface area contributed by atoms with E-state index in [0.717, 1.165) is 23.6 Å². The number of benzene rings is 2. The van der Waals surface area contributed by atoms with E-state index < -0.39 is 6.10 Å². The monoisotopic (exact) mass is 271 g/mol. The van der Waals surface area contributed by atoms with Crippen molar-refractivity contribution >= 4 is 16.7 Å². The molecule has 1 aliphatic rings.